The molecule has 0 heterocycles. The summed E-state index contributed by atoms with van der Waals surface area (Å²) in [5, 5.41) is 0. The maximum atomic E-state index is 2.16. The Bertz CT molecular complexity index is 7.61. The topological polar surface area (TPSA) is 0 Å². The van der Waals surface area contributed by atoms with Gasteiger partial charge in [0.1, 0.15) is 0 Å². The molecule has 5 heavy (non-hydrogen) atoms. The Morgan fingerprint density at radius 2 is 1.40 bits per heavy atom. The molecule has 0 amide bonds. The van der Waals surface area contributed by atoms with Gasteiger partial charge in [0.05, 0.1) is 0 Å². The van der Waals surface area contributed by atoms with Crippen molar-refractivity contribution in [1.82, 2.24) is 0 Å². The third-order valence-electron chi connectivity index (χ3n) is 0. The minimum absolute atomic E-state index is 0. The second-order valence-corrected chi connectivity index (χ2v) is 2.37. The van der Waals surface area contributed by atoms with Crippen LogP contribution in [0.4, 0.5) is 0 Å². The van der Waals surface area contributed by atoms with Crippen LogP contribution in [0, 0.1) is 0 Å². The summed E-state index contributed by atoms with van der Waals surface area (Å²) in [7, 11) is 0. The van der Waals surface area contributed by atoms with Crippen molar-refractivity contribution < 1.29 is 24.8 Å². The van der Waals surface area contributed by atoms with Gasteiger partial charge in [-0.15, -0.1) is 0 Å². The van der Waals surface area contributed by atoms with Gasteiger partial charge >= 0.3 is 33.9 Å². The van der Waals surface area contributed by atoms with E-state index in [1.165, 1.54) is 4.44 Å². The summed E-state index contributed by atoms with van der Waals surface area (Å²) < 4.78 is 1.34. The second-order valence-electron chi connectivity index (χ2n) is 0.354. The van der Waals surface area contributed by atoms with Gasteiger partial charge in [-0.25, -0.2) is 0 Å². The number of halogens is 2. The fourth-order valence-corrected chi connectivity index (χ4v) is 0. The van der Waals surface area contributed by atoms with E-state index in [9.17, 15) is 0 Å². The van der Waals surface area contributed by atoms with Crippen LogP contribution in [0.5, 0.6) is 0 Å². The first-order valence-electron chi connectivity index (χ1n) is 1.06. The van der Waals surface area contributed by atoms with E-state index in [0.717, 1.165) is 0 Å². The molecule has 0 N–H and O–H groups in total. The summed E-state index contributed by atoms with van der Waals surface area (Å²) in [4.78, 5) is 0. The van der Waals surface area contributed by atoms with Crippen LogP contribution in [0.3, 0.4) is 0 Å². The van der Waals surface area contributed by atoms with Crippen LogP contribution in [-0.2, 0) is 0 Å². The molecule has 0 fully saturated rings. The SMILES string of the molecule is C[CH2][Sn+3].[Cl-].[Cl-]. The smallest absolute Gasteiger partial charge is 1.00 e. The predicted octanol–water partition coefficient (Wildman–Crippen LogP) is -5.40. The molecule has 0 saturated carbocycles. The summed E-state index contributed by atoms with van der Waals surface area (Å²) in [6.07, 6.45) is 0. The first-order chi connectivity index (χ1) is 1.41. The van der Waals surface area contributed by atoms with E-state index in [4.69, 9.17) is 0 Å². The molecule has 0 aliphatic carbocycles. The summed E-state index contributed by atoms with van der Waals surface area (Å²) in [6.45, 7) is 2.16. The zero-order valence-electron chi connectivity index (χ0n) is 2.96. The van der Waals surface area contributed by atoms with Crippen molar-refractivity contribution in [3.63, 3.8) is 0 Å². The maximum absolute atomic E-state index is 2.16. The van der Waals surface area contributed by atoms with Crippen molar-refractivity contribution in [3.05, 3.63) is 0 Å². The average Bonchev–Trinajstić information content (AvgIpc) is 0.918. The molecule has 0 saturated heterocycles. The van der Waals surface area contributed by atoms with E-state index in [2.05, 4.69) is 6.92 Å². The molecular weight excluding hydrogens is 214 g/mol. The number of rotatable bonds is 0. The Labute approximate surface area is 58.6 Å². The van der Waals surface area contributed by atoms with Gasteiger partial charge in [-0.3, -0.25) is 0 Å². The normalized spacial score (nSPS) is 3.80. The monoisotopic (exact) mass is 219 g/mol. The van der Waals surface area contributed by atoms with Crippen LogP contribution in [0.25, 0.3) is 0 Å². The zero-order valence-corrected chi connectivity index (χ0v) is 7.33. The van der Waals surface area contributed by atoms with Crippen LogP contribution in [0.15, 0.2) is 0 Å². The molecule has 0 atom stereocenters. The first-order valence-corrected chi connectivity index (χ1v) is 3.08. The fourth-order valence-electron chi connectivity index (χ4n) is 0. The van der Waals surface area contributed by atoms with Gasteiger partial charge in [0.15, 0.2) is 0 Å². The average molecular weight is 219 g/mol. The third-order valence-corrected chi connectivity index (χ3v) is 0. The van der Waals surface area contributed by atoms with Crippen LogP contribution >= 0.6 is 0 Å². The van der Waals surface area contributed by atoms with Gasteiger partial charge in [0.2, 0.25) is 0 Å². The standard InChI is InChI=1S/C2H5.2ClH.Sn/c1-2;;;/h1H2,2H3;2*1H;/q;;;+3/p-2. The Balaban J connectivity index is -0.0000000200. The van der Waals surface area contributed by atoms with E-state index in [0.29, 0.717) is 0 Å². The molecule has 0 rings (SSSR count). The molecule has 0 aliphatic rings. The largest absolute Gasteiger partial charge is 1.00 e. The van der Waals surface area contributed by atoms with Gasteiger partial charge in [-0.1, -0.05) is 0 Å². The Hall–Kier alpha value is 1.38. The van der Waals surface area contributed by atoms with Crippen molar-refractivity contribution in [1.29, 1.82) is 0 Å². The molecule has 0 nitrogen and oxygen atoms in total. The summed E-state index contributed by atoms with van der Waals surface area (Å²) >= 11 is 1.64. The van der Waals surface area contributed by atoms with Gasteiger partial charge in [-0.2, -0.15) is 0 Å². The molecule has 0 bridgehead atoms. The van der Waals surface area contributed by atoms with Gasteiger partial charge in [-0.05, 0) is 0 Å². The Kier molecular flexibility index (Phi) is 58.9. The molecule has 0 unspecified atom stereocenters. The summed E-state index contributed by atoms with van der Waals surface area (Å²) in [5.74, 6) is 0. The zero-order chi connectivity index (χ0) is 2.71. The molecule has 0 aromatic heterocycles. The minimum Gasteiger partial charge on any atom is -1.00 e. The van der Waals surface area contributed by atoms with E-state index in [1.54, 1.807) is 22.5 Å². The van der Waals surface area contributed by atoms with Crippen LogP contribution in [0.2, 0.25) is 4.44 Å². The molecule has 3 heteroatoms. The summed E-state index contributed by atoms with van der Waals surface area (Å²) in [6, 6.07) is 0. The van der Waals surface area contributed by atoms with Crippen LogP contribution in [-0.4, -0.2) is 22.5 Å². The molecule has 0 aromatic carbocycles. The van der Waals surface area contributed by atoms with E-state index in [1.807, 2.05) is 0 Å². The van der Waals surface area contributed by atoms with Gasteiger partial charge in [0, 0.05) is 0 Å². The molecular formula is C2H5Cl2Sn+. The number of hydrogen-bond acceptors (Lipinski definition) is 0. The molecule has 30 valence electrons. The number of hydrogen-bond donors (Lipinski definition) is 0. The fraction of sp³-hybridized carbons (Fsp3) is 1.00. The van der Waals surface area contributed by atoms with E-state index >= 15 is 0 Å². The summed E-state index contributed by atoms with van der Waals surface area (Å²) in [5.41, 5.74) is 0. The van der Waals surface area contributed by atoms with E-state index in [-0.39, 0.29) is 24.8 Å². The quantitative estimate of drug-likeness (QED) is 0.356. The molecule has 0 radical (unpaired) electrons. The Morgan fingerprint density at radius 1 is 1.40 bits per heavy atom. The van der Waals surface area contributed by atoms with Crippen molar-refractivity contribution in [2.75, 3.05) is 0 Å². The third kappa shape index (κ3) is 32.3. The van der Waals surface area contributed by atoms with Gasteiger partial charge < -0.3 is 24.8 Å². The van der Waals surface area contributed by atoms with Crippen LogP contribution in [0.1, 0.15) is 6.92 Å². The van der Waals surface area contributed by atoms with Crippen molar-refractivity contribution >= 4 is 22.5 Å². The molecule has 0 aromatic rings. The maximum Gasteiger partial charge on any atom is -1.00 e. The van der Waals surface area contributed by atoms with Crippen molar-refractivity contribution in [2.24, 2.45) is 0 Å². The predicted molar refractivity (Wildman–Crippen MR) is 16.2 cm³/mol. The van der Waals surface area contributed by atoms with Gasteiger partial charge in [0.25, 0.3) is 0 Å². The first kappa shape index (κ1) is 16.2. The van der Waals surface area contributed by atoms with Crippen molar-refractivity contribution in [3.8, 4) is 0 Å². The van der Waals surface area contributed by atoms with Crippen molar-refractivity contribution in [2.45, 2.75) is 11.4 Å². The van der Waals surface area contributed by atoms with Crippen LogP contribution < -0.4 is 24.8 Å². The Morgan fingerprint density at radius 3 is 1.40 bits per heavy atom. The minimum atomic E-state index is 0. The second kappa shape index (κ2) is 18.2. The van der Waals surface area contributed by atoms with E-state index < -0.39 is 0 Å². The molecule has 0 spiro atoms. The molecule has 0 aliphatic heterocycles.